The summed E-state index contributed by atoms with van der Waals surface area (Å²) in [5.41, 5.74) is 1.08. The molecule has 0 aromatic heterocycles. The first kappa shape index (κ1) is 22.5. The van der Waals surface area contributed by atoms with E-state index >= 15 is 0 Å². The molecule has 0 atom stereocenters. The Kier molecular flexibility index (Phi) is 5.93. The number of fused-ring (bicyclic) bond motifs is 1. The molecule has 4 rings (SSSR count). The highest BCUT2D eigenvalue weighted by Crippen LogP contribution is 2.30. The minimum Gasteiger partial charge on any atom is -0.444 e. The quantitative estimate of drug-likeness (QED) is 0.713. The van der Waals surface area contributed by atoms with Crippen molar-refractivity contribution in [1.29, 1.82) is 0 Å². The summed E-state index contributed by atoms with van der Waals surface area (Å²) in [6.07, 6.45) is 0.696. The van der Waals surface area contributed by atoms with Gasteiger partial charge in [-0.3, -0.25) is 14.4 Å². The number of carbonyl (C=O) groups is 4. The summed E-state index contributed by atoms with van der Waals surface area (Å²) in [4.78, 5) is 53.3. The Morgan fingerprint density at radius 2 is 1.55 bits per heavy atom. The van der Waals surface area contributed by atoms with Crippen molar-refractivity contribution >= 4 is 35.2 Å². The largest absolute Gasteiger partial charge is 0.444 e. The fourth-order valence-electron chi connectivity index (χ4n) is 4.04. The first-order chi connectivity index (χ1) is 15.6. The molecule has 0 bridgehead atoms. The van der Waals surface area contributed by atoms with Crippen LogP contribution in [0.25, 0.3) is 0 Å². The minimum absolute atomic E-state index is 0.154. The maximum atomic E-state index is 12.8. The van der Waals surface area contributed by atoms with Crippen LogP contribution in [0.5, 0.6) is 0 Å². The van der Waals surface area contributed by atoms with Gasteiger partial charge in [0.2, 0.25) is 5.91 Å². The number of hydrogen-bond donors (Lipinski definition) is 1. The standard InChI is InChI=1S/C25H27N3O5/c1-25(2,3)33-24(32)27-13-11-16(12-14-27)21(29)26-17-7-6-8-18(15-17)28-22(30)19-9-4-5-10-20(19)23(28)31/h4-10,15-16H,11-14H2,1-3H3,(H,26,29). The van der Waals surface area contributed by atoms with Crippen LogP contribution in [-0.4, -0.2) is 47.4 Å². The Hall–Kier alpha value is -3.68. The molecule has 4 amide bonds. The lowest BCUT2D eigenvalue weighted by Gasteiger charge is -2.33. The van der Waals surface area contributed by atoms with E-state index in [9.17, 15) is 19.2 Å². The predicted octanol–water partition coefficient (Wildman–Crippen LogP) is 4.07. The molecule has 1 fully saturated rings. The monoisotopic (exact) mass is 449 g/mol. The number of nitrogens with zero attached hydrogens (tertiary/aromatic N) is 2. The SMILES string of the molecule is CC(C)(C)OC(=O)N1CCC(C(=O)Nc2cccc(N3C(=O)c4ccccc4C3=O)c2)CC1. The molecule has 0 unspecified atom stereocenters. The molecule has 1 N–H and O–H groups in total. The maximum absolute atomic E-state index is 12.8. The highest BCUT2D eigenvalue weighted by molar-refractivity contribution is 6.34. The average molecular weight is 450 g/mol. The Labute approximate surface area is 192 Å². The topological polar surface area (TPSA) is 96.0 Å². The van der Waals surface area contributed by atoms with Crippen molar-refractivity contribution in [2.45, 2.75) is 39.2 Å². The second kappa shape index (κ2) is 8.69. The van der Waals surface area contributed by atoms with Crippen LogP contribution < -0.4 is 10.2 Å². The van der Waals surface area contributed by atoms with Crippen LogP contribution in [0.15, 0.2) is 48.5 Å². The van der Waals surface area contributed by atoms with E-state index in [-0.39, 0.29) is 29.7 Å². The first-order valence-corrected chi connectivity index (χ1v) is 11.0. The van der Waals surface area contributed by atoms with E-state index in [1.807, 2.05) is 20.8 Å². The number of piperidine rings is 1. The van der Waals surface area contributed by atoms with Crippen LogP contribution in [0.2, 0.25) is 0 Å². The van der Waals surface area contributed by atoms with Gasteiger partial charge in [0, 0.05) is 24.7 Å². The summed E-state index contributed by atoms with van der Waals surface area (Å²) in [5.74, 6) is -1.16. The normalized spacial score (nSPS) is 16.6. The summed E-state index contributed by atoms with van der Waals surface area (Å²) < 4.78 is 5.40. The summed E-state index contributed by atoms with van der Waals surface area (Å²) in [5, 5.41) is 2.89. The number of imide groups is 1. The molecule has 172 valence electrons. The Bertz CT molecular complexity index is 1080. The fraction of sp³-hybridized carbons (Fsp3) is 0.360. The number of carbonyl (C=O) groups excluding carboxylic acids is 4. The lowest BCUT2D eigenvalue weighted by molar-refractivity contribution is -0.121. The number of nitrogens with one attached hydrogen (secondary N) is 1. The maximum Gasteiger partial charge on any atom is 0.410 e. The fourth-order valence-corrected chi connectivity index (χ4v) is 4.04. The molecule has 2 aliphatic heterocycles. The van der Waals surface area contributed by atoms with Gasteiger partial charge in [0.25, 0.3) is 11.8 Å². The average Bonchev–Trinajstić information content (AvgIpc) is 3.03. The Morgan fingerprint density at radius 1 is 0.939 bits per heavy atom. The predicted molar refractivity (Wildman–Crippen MR) is 123 cm³/mol. The zero-order chi connectivity index (χ0) is 23.8. The van der Waals surface area contributed by atoms with E-state index in [0.29, 0.717) is 48.4 Å². The van der Waals surface area contributed by atoms with Crippen molar-refractivity contribution in [3.8, 4) is 0 Å². The van der Waals surface area contributed by atoms with Crippen LogP contribution in [0.1, 0.15) is 54.3 Å². The number of ether oxygens (including phenoxy) is 1. The van der Waals surface area contributed by atoms with E-state index < -0.39 is 5.60 Å². The van der Waals surface area contributed by atoms with E-state index in [4.69, 9.17) is 4.74 Å². The number of anilines is 2. The summed E-state index contributed by atoms with van der Waals surface area (Å²) in [7, 11) is 0. The molecule has 0 radical (unpaired) electrons. The van der Waals surface area contributed by atoms with Gasteiger partial charge in [0.15, 0.2) is 0 Å². The van der Waals surface area contributed by atoms with Gasteiger partial charge >= 0.3 is 6.09 Å². The van der Waals surface area contributed by atoms with Crippen LogP contribution in [0.3, 0.4) is 0 Å². The van der Waals surface area contributed by atoms with Gasteiger partial charge in [0.1, 0.15) is 5.60 Å². The molecule has 0 spiro atoms. The van der Waals surface area contributed by atoms with E-state index in [1.165, 1.54) is 0 Å². The smallest absolute Gasteiger partial charge is 0.410 e. The van der Waals surface area contributed by atoms with Crippen LogP contribution in [0.4, 0.5) is 16.2 Å². The summed E-state index contributed by atoms with van der Waals surface area (Å²) in [6, 6.07) is 13.4. The molecule has 8 nitrogen and oxygen atoms in total. The second-order valence-corrected chi connectivity index (χ2v) is 9.27. The van der Waals surface area contributed by atoms with Crippen molar-refractivity contribution < 1.29 is 23.9 Å². The zero-order valence-electron chi connectivity index (χ0n) is 19.0. The molecule has 0 saturated carbocycles. The minimum atomic E-state index is -0.560. The molecule has 1 saturated heterocycles. The van der Waals surface area contributed by atoms with E-state index in [0.717, 1.165) is 4.90 Å². The molecular weight excluding hydrogens is 422 g/mol. The Morgan fingerprint density at radius 3 is 2.12 bits per heavy atom. The number of hydrogen-bond acceptors (Lipinski definition) is 5. The van der Waals surface area contributed by atoms with Crippen LogP contribution >= 0.6 is 0 Å². The van der Waals surface area contributed by atoms with Gasteiger partial charge < -0.3 is 15.0 Å². The molecule has 33 heavy (non-hydrogen) atoms. The summed E-state index contributed by atoms with van der Waals surface area (Å²) in [6.45, 7) is 6.35. The van der Waals surface area contributed by atoms with Gasteiger partial charge in [-0.2, -0.15) is 0 Å². The third kappa shape index (κ3) is 4.74. The van der Waals surface area contributed by atoms with Gasteiger partial charge in [-0.1, -0.05) is 18.2 Å². The van der Waals surface area contributed by atoms with Gasteiger partial charge in [0.05, 0.1) is 16.8 Å². The molecule has 2 aromatic rings. The van der Waals surface area contributed by atoms with Gasteiger partial charge in [-0.15, -0.1) is 0 Å². The van der Waals surface area contributed by atoms with Crippen LogP contribution in [0, 0.1) is 5.92 Å². The molecular formula is C25H27N3O5. The van der Waals surface area contributed by atoms with Crippen molar-refractivity contribution in [3.05, 3.63) is 59.7 Å². The number of amides is 4. The van der Waals surface area contributed by atoms with E-state index in [2.05, 4.69) is 5.32 Å². The van der Waals surface area contributed by atoms with Crippen molar-refractivity contribution in [3.63, 3.8) is 0 Å². The highest BCUT2D eigenvalue weighted by Gasteiger charge is 2.36. The van der Waals surface area contributed by atoms with Gasteiger partial charge in [-0.25, -0.2) is 9.69 Å². The van der Waals surface area contributed by atoms with Crippen molar-refractivity contribution in [2.24, 2.45) is 5.92 Å². The van der Waals surface area contributed by atoms with E-state index in [1.54, 1.807) is 53.4 Å². The Balaban J connectivity index is 1.39. The second-order valence-electron chi connectivity index (χ2n) is 9.27. The van der Waals surface area contributed by atoms with Crippen molar-refractivity contribution in [1.82, 2.24) is 4.90 Å². The molecule has 2 heterocycles. The number of likely N-dealkylation sites (tertiary alicyclic amines) is 1. The lowest BCUT2D eigenvalue weighted by Crippen LogP contribution is -2.43. The molecule has 0 aliphatic carbocycles. The first-order valence-electron chi connectivity index (χ1n) is 11.0. The lowest BCUT2D eigenvalue weighted by atomic mass is 9.96. The molecule has 2 aromatic carbocycles. The third-order valence-corrected chi connectivity index (χ3v) is 5.68. The van der Waals surface area contributed by atoms with Crippen molar-refractivity contribution in [2.75, 3.05) is 23.3 Å². The van der Waals surface area contributed by atoms with Gasteiger partial charge in [-0.05, 0) is 63.9 Å². The third-order valence-electron chi connectivity index (χ3n) is 5.68. The molecule has 2 aliphatic rings. The van der Waals surface area contributed by atoms with Crippen LogP contribution in [-0.2, 0) is 9.53 Å². The number of rotatable bonds is 3. The zero-order valence-corrected chi connectivity index (χ0v) is 19.0. The number of benzene rings is 2. The molecule has 8 heteroatoms. The summed E-state index contributed by atoms with van der Waals surface area (Å²) >= 11 is 0. The highest BCUT2D eigenvalue weighted by atomic mass is 16.6.